The van der Waals surface area contributed by atoms with Gasteiger partial charge in [0.1, 0.15) is 5.65 Å². The Balaban J connectivity index is 2.44. The summed E-state index contributed by atoms with van der Waals surface area (Å²) in [5.74, 6) is 0.0414. The highest BCUT2D eigenvalue weighted by Gasteiger charge is 2.07. The summed E-state index contributed by atoms with van der Waals surface area (Å²) in [5.41, 5.74) is 2.52. The predicted molar refractivity (Wildman–Crippen MR) is 63.6 cm³/mol. The number of carbonyl (C=O) groups is 1. The molecule has 2 aromatic heterocycles. The summed E-state index contributed by atoms with van der Waals surface area (Å²) in [6.45, 7) is 1.55. The van der Waals surface area contributed by atoms with Gasteiger partial charge in [0, 0.05) is 28.0 Å². The first-order chi connectivity index (χ1) is 7.75. The van der Waals surface area contributed by atoms with Gasteiger partial charge in [0.25, 0.3) is 0 Å². The molecule has 78 valence electrons. The Morgan fingerprint density at radius 2 is 2.06 bits per heavy atom. The Morgan fingerprint density at radius 1 is 1.25 bits per heavy atom. The minimum Gasteiger partial charge on any atom is -0.339 e. The van der Waals surface area contributed by atoms with E-state index in [1.807, 2.05) is 30.3 Å². The number of fused-ring (bicyclic) bond motifs is 3. The van der Waals surface area contributed by atoms with E-state index in [0.29, 0.717) is 5.56 Å². The quantitative estimate of drug-likeness (QED) is 0.627. The number of Topliss-reactive ketones (excluding diaryl/α,β-unsaturated/α-hetero) is 1. The first-order valence-corrected chi connectivity index (χ1v) is 5.13. The van der Waals surface area contributed by atoms with E-state index in [0.717, 1.165) is 21.9 Å². The lowest BCUT2D eigenvalue weighted by Gasteiger charge is -1.94. The number of hydrogen-bond donors (Lipinski definition) is 1. The van der Waals surface area contributed by atoms with E-state index in [1.165, 1.54) is 0 Å². The number of ketones is 1. The average Bonchev–Trinajstić information content (AvgIpc) is 2.66. The molecule has 0 aliphatic carbocycles. The van der Waals surface area contributed by atoms with Crippen molar-refractivity contribution < 1.29 is 4.79 Å². The number of nitrogens with zero attached hydrogens (tertiary/aromatic N) is 1. The maximum absolute atomic E-state index is 11.3. The van der Waals surface area contributed by atoms with Crippen molar-refractivity contribution in [2.75, 3.05) is 0 Å². The summed E-state index contributed by atoms with van der Waals surface area (Å²) in [7, 11) is 0. The van der Waals surface area contributed by atoms with Crippen LogP contribution in [0.4, 0.5) is 0 Å². The van der Waals surface area contributed by atoms with Gasteiger partial charge in [-0.05, 0) is 19.1 Å². The SMILES string of the molecule is CC(=O)c1cnc2[nH]c3ccccc3c2c1. The standard InChI is InChI=1S/C13H10N2O/c1-8(16)9-6-11-10-4-2-3-5-12(10)15-13(11)14-7-9/h2-7H,1H3,(H,14,15). The Hall–Kier alpha value is -2.16. The van der Waals surface area contributed by atoms with Crippen molar-refractivity contribution in [3.05, 3.63) is 42.1 Å². The second-order valence-corrected chi connectivity index (χ2v) is 3.85. The molecule has 0 radical (unpaired) electrons. The molecule has 3 nitrogen and oxygen atoms in total. The van der Waals surface area contributed by atoms with Crippen molar-refractivity contribution in [1.82, 2.24) is 9.97 Å². The molecule has 0 saturated heterocycles. The van der Waals surface area contributed by atoms with Crippen LogP contribution in [-0.2, 0) is 0 Å². The Morgan fingerprint density at radius 3 is 2.88 bits per heavy atom. The molecule has 3 aromatic rings. The first-order valence-electron chi connectivity index (χ1n) is 5.13. The van der Waals surface area contributed by atoms with E-state index >= 15 is 0 Å². The van der Waals surface area contributed by atoms with E-state index in [2.05, 4.69) is 9.97 Å². The summed E-state index contributed by atoms with van der Waals surface area (Å²) in [5, 5.41) is 2.11. The molecule has 0 amide bonds. The minimum absolute atomic E-state index is 0.0414. The Kier molecular flexibility index (Phi) is 1.80. The van der Waals surface area contributed by atoms with Gasteiger partial charge in [-0.25, -0.2) is 4.98 Å². The maximum Gasteiger partial charge on any atom is 0.161 e. The van der Waals surface area contributed by atoms with Crippen LogP contribution in [0.25, 0.3) is 21.9 Å². The van der Waals surface area contributed by atoms with Crippen molar-refractivity contribution >= 4 is 27.7 Å². The van der Waals surface area contributed by atoms with Crippen LogP contribution in [0.15, 0.2) is 36.5 Å². The van der Waals surface area contributed by atoms with Gasteiger partial charge in [0.2, 0.25) is 0 Å². The highest BCUT2D eigenvalue weighted by atomic mass is 16.1. The fourth-order valence-electron chi connectivity index (χ4n) is 1.92. The molecule has 1 N–H and O–H groups in total. The minimum atomic E-state index is 0.0414. The fraction of sp³-hybridized carbons (Fsp3) is 0.0769. The Labute approximate surface area is 92.1 Å². The summed E-state index contributed by atoms with van der Waals surface area (Å²) in [6.07, 6.45) is 1.61. The number of rotatable bonds is 1. The molecule has 0 atom stereocenters. The van der Waals surface area contributed by atoms with Gasteiger partial charge < -0.3 is 4.98 Å². The normalized spacial score (nSPS) is 11.1. The second-order valence-electron chi connectivity index (χ2n) is 3.85. The van der Waals surface area contributed by atoms with Crippen molar-refractivity contribution in [2.24, 2.45) is 0 Å². The molecule has 0 spiro atoms. The van der Waals surface area contributed by atoms with Crippen LogP contribution in [0.5, 0.6) is 0 Å². The van der Waals surface area contributed by atoms with E-state index in [9.17, 15) is 4.79 Å². The van der Waals surface area contributed by atoms with Gasteiger partial charge >= 0.3 is 0 Å². The molecule has 0 aliphatic rings. The zero-order valence-corrected chi connectivity index (χ0v) is 8.82. The third kappa shape index (κ3) is 1.21. The number of pyridine rings is 1. The van der Waals surface area contributed by atoms with Gasteiger partial charge in [-0.15, -0.1) is 0 Å². The lowest BCUT2D eigenvalue weighted by atomic mass is 10.1. The van der Waals surface area contributed by atoms with E-state index in [1.54, 1.807) is 13.1 Å². The van der Waals surface area contributed by atoms with Crippen molar-refractivity contribution in [3.63, 3.8) is 0 Å². The number of H-pyrrole nitrogens is 1. The molecule has 0 fully saturated rings. The van der Waals surface area contributed by atoms with Crippen LogP contribution in [0.1, 0.15) is 17.3 Å². The third-order valence-corrected chi connectivity index (χ3v) is 2.76. The summed E-state index contributed by atoms with van der Waals surface area (Å²) < 4.78 is 0. The predicted octanol–water partition coefficient (Wildman–Crippen LogP) is 2.92. The number of aromatic nitrogens is 2. The summed E-state index contributed by atoms with van der Waals surface area (Å²) >= 11 is 0. The van der Waals surface area contributed by atoms with Crippen LogP contribution in [0.3, 0.4) is 0 Å². The van der Waals surface area contributed by atoms with Gasteiger partial charge in [0.05, 0.1) is 0 Å². The first kappa shape index (κ1) is 9.09. The molecule has 0 unspecified atom stereocenters. The van der Waals surface area contributed by atoms with E-state index < -0.39 is 0 Å². The second kappa shape index (κ2) is 3.17. The average molecular weight is 210 g/mol. The highest BCUT2D eigenvalue weighted by molar-refractivity contribution is 6.08. The smallest absolute Gasteiger partial charge is 0.161 e. The molecule has 0 saturated carbocycles. The molecule has 1 aromatic carbocycles. The molecule has 3 rings (SSSR count). The van der Waals surface area contributed by atoms with Gasteiger partial charge in [0.15, 0.2) is 5.78 Å². The van der Waals surface area contributed by atoms with Crippen LogP contribution in [0.2, 0.25) is 0 Å². The van der Waals surface area contributed by atoms with Crippen molar-refractivity contribution in [3.8, 4) is 0 Å². The topological polar surface area (TPSA) is 45.8 Å². The zero-order valence-electron chi connectivity index (χ0n) is 8.82. The molecule has 16 heavy (non-hydrogen) atoms. The molecular formula is C13H10N2O. The fourth-order valence-corrected chi connectivity index (χ4v) is 1.92. The van der Waals surface area contributed by atoms with Crippen LogP contribution < -0.4 is 0 Å². The number of hydrogen-bond acceptors (Lipinski definition) is 2. The van der Waals surface area contributed by atoms with Gasteiger partial charge in [-0.1, -0.05) is 18.2 Å². The molecule has 2 heterocycles. The molecule has 0 aliphatic heterocycles. The summed E-state index contributed by atoms with van der Waals surface area (Å²) in [4.78, 5) is 18.8. The van der Waals surface area contributed by atoms with Gasteiger partial charge in [-0.2, -0.15) is 0 Å². The third-order valence-electron chi connectivity index (χ3n) is 2.76. The van der Waals surface area contributed by atoms with E-state index in [4.69, 9.17) is 0 Å². The summed E-state index contributed by atoms with van der Waals surface area (Å²) in [6, 6.07) is 9.88. The lowest BCUT2D eigenvalue weighted by Crippen LogP contribution is -1.92. The van der Waals surface area contributed by atoms with Crippen molar-refractivity contribution in [1.29, 1.82) is 0 Å². The monoisotopic (exact) mass is 210 g/mol. The molecular weight excluding hydrogens is 200 g/mol. The lowest BCUT2D eigenvalue weighted by molar-refractivity contribution is 0.101. The Bertz CT molecular complexity index is 697. The largest absolute Gasteiger partial charge is 0.339 e. The maximum atomic E-state index is 11.3. The molecule has 3 heteroatoms. The number of nitrogens with one attached hydrogen (secondary N) is 1. The number of benzene rings is 1. The number of aromatic amines is 1. The van der Waals surface area contributed by atoms with Crippen LogP contribution >= 0.6 is 0 Å². The molecule has 0 bridgehead atoms. The number of carbonyl (C=O) groups excluding carboxylic acids is 1. The zero-order chi connectivity index (χ0) is 11.1. The van der Waals surface area contributed by atoms with Crippen LogP contribution in [-0.4, -0.2) is 15.8 Å². The van der Waals surface area contributed by atoms with Crippen LogP contribution in [0, 0.1) is 0 Å². The number of para-hydroxylation sites is 1. The highest BCUT2D eigenvalue weighted by Crippen LogP contribution is 2.24. The van der Waals surface area contributed by atoms with Crippen molar-refractivity contribution in [2.45, 2.75) is 6.92 Å². The van der Waals surface area contributed by atoms with E-state index in [-0.39, 0.29) is 5.78 Å². The van der Waals surface area contributed by atoms with Gasteiger partial charge in [-0.3, -0.25) is 4.79 Å².